The molecular weight excluding hydrogens is 196 g/mol. The number of nitrogens with one attached hydrogen (secondary N) is 1. The van der Waals surface area contributed by atoms with Gasteiger partial charge in [-0.15, -0.1) is 0 Å². The summed E-state index contributed by atoms with van der Waals surface area (Å²) in [6.07, 6.45) is 1.04. The van der Waals surface area contributed by atoms with Crippen molar-refractivity contribution in [3.63, 3.8) is 0 Å². The van der Waals surface area contributed by atoms with Crippen LogP contribution in [0.1, 0.15) is 13.3 Å². The van der Waals surface area contributed by atoms with Crippen LogP contribution in [-0.2, 0) is 0 Å². The second-order valence-electron chi connectivity index (χ2n) is 3.43. The fraction of sp³-hybridized carbons (Fsp3) is 0.600. The van der Waals surface area contributed by atoms with E-state index in [1.807, 2.05) is 0 Å². The summed E-state index contributed by atoms with van der Waals surface area (Å²) in [5, 5.41) is 3.08. The van der Waals surface area contributed by atoms with Gasteiger partial charge in [0.05, 0.1) is 10.2 Å². The SMILES string of the molecule is CCN(C)CCCNc1cc(=S)c1=O. The van der Waals surface area contributed by atoms with Gasteiger partial charge in [0.1, 0.15) is 0 Å². The first kappa shape index (κ1) is 11.3. The average Bonchev–Trinajstić information content (AvgIpc) is 2.21. The lowest BCUT2D eigenvalue weighted by Crippen LogP contribution is -2.22. The molecule has 78 valence electrons. The molecule has 0 aliphatic carbocycles. The standard InChI is InChI=1S/C10H16N2OS/c1-3-12(2)6-4-5-11-8-7-9(14)10(8)13/h7,11H,3-6H2,1-2H3. The highest BCUT2D eigenvalue weighted by Gasteiger charge is 2.04. The molecule has 0 spiro atoms. The maximum Gasteiger partial charge on any atom is 0.219 e. The van der Waals surface area contributed by atoms with Crippen LogP contribution in [0, 0.1) is 4.51 Å². The second-order valence-corrected chi connectivity index (χ2v) is 3.87. The smallest absolute Gasteiger partial charge is 0.219 e. The first-order chi connectivity index (χ1) is 6.65. The van der Waals surface area contributed by atoms with Crippen molar-refractivity contribution in [2.45, 2.75) is 13.3 Å². The molecule has 1 N–H and O–H groups in total. The summed E-state index contributed by atoms with van der Waals surface area (Å²) in [6, 6.07) is 1.72. The third kappa shape index (κ3) is 2.89. The zero-order valence-corrected chi connectivity index (χ0v) is 9.49. The number of nitrogens with zero attached hydrogens (tertiary/aromatic N) is 1. The van der Waals surface area contributed by atoms with Crippen LogP contribution >= 0.6 is 12.2 Å². The van der Waals surface area contributed by atoms with Gasteiger partial charge in [-0.3, -0.25) is 4.79 Å². The third-order valence-corrected chi connectivity index (χ3v) is 2.62. The Labute approximate surface area is 89.4 Å². The second kappa shape index (κ2) is 5.22. The van der Waals surface area contributed by atoms with E-state index in [2.05, 4.69) is 24.2 Å². The van der Waals surface area contributed by atoms with Gasteiger partial charge in [-0.05, 0) is 32.6 Å². The summed E-state index contributed by atoms with van der Waals surface area (Å²) in [5.74, 6) is 0. The van der Waals surface area contributed by atoms with E-state index < -0.39 is 0 Å². The normalized spacial score (nSPS) is 11.1. The van der Waals surface area contributed by atoms with Crippen LogP contribution in [0.15, 0.2) is 10.9 Å². The topological polar surface area (TPSA) is 32.3 Å². The Hall–Kier alpha value is -0.740. The van der Waals surface area contributed by atoms with Gasteiger partial charge in [0.2, 0.25) is 5.43 Å². The van der Waals surface area contributed by atoms with Gasteiger partial charge in [-0.25, -0.2) is 0 Å². The summed E-state index contributed by atoms with van der Waals surface area (Å²) in [7, 11) is 2.09. The first-order valence-electron chi connectivity index (χ1n) is 4.88. The average molecular weight is 212 g/mol. The molecule has 0 heterocycles. The maximum atomic E-state index is 11.1. The van der Waals surface area contributed by atoms with E-state index in [9.17, 15) is 4.79 Å². The molecule has 1 aromatic carbocycles. The third-order valence-electron chi connectivity index (χ3n) is 2.32. The molecule has 1 aromatic rings. The van der Waals surface area contributed by atoms with Crippen molar-refractivity contribution in [1.82, 2.24) is 4.90 Å². The molecule has 1 rings (SSSR count). The fourth-order valence-electron chi connectivity index (χ4n) is 1.18. The zero-order chi connectivity index (χ0) is 10.6. The Balaban J connectivity index is 2.15. The first-order valence-corrected chi connectivity index (χ1v) is 5.28. The van der Waals surface area contributed by atoms with Crippen LogP contribution in [0.5, 0.6) is 0 Å². The monoisotopic (exact) mass is 212 g/mol. The molecule has 0 aromatic heterocycles. The lowest BCUT2D eigenvalue weighted by molar-refractivity contribution is 0.351. The van der Waals surface area contributed by atoms with Crippen molar-refractivity contribution < 1.29 is 0 Å². The minimum absolute atomic E-state index is 0.0103. The predicted molar refractivity (Wildman–Crippen MR) is 62.2 cm³/mol. The highest BCUT2D eigenvalue weighted by molar-refractivity contribution is 7.71. The van der Waals surface area contributed by atoms with E-state index in [0.29, 0.717) is 10.2 Å². The number of hydrogen-bond acceptors (Lipinski definition) is 4. The van der Waals surface area contributed by atoms with E-state index >= 15 is 0 Å². The summed E-state index contributed by atoms with van der Waals surface area (Å²) < 4.78 is 0.443. The van der Waals surface area contributed by atoms with E-state index in [1.165, 1.54) is 0 Å². The largest absolute Gasteiger partial charge is 0.382 e. The van der Waals surface area contributed by atoms with Crippen molar-refractivity contribution >= 4 is 17.9 Å². The molecule has 0 saturated heterocycles. The van der Waals surface area contributed by atoms with Gasteiger partial charge in [0.25, 0.3) is 0 Å². The lowest BCUT2D eigenvalue weighted by Gasteiger charge is -2.14. The van der Waals surface area contributed by atoms with Crippen LogP contribution in [0.2, 0.25) is 0 Å². The van der Waals surface area contributed by atoms with Crippen molar-refractivity contribution in [3.05, 3.63) is 20.8 Å². The Bertz CT molecular complexity index is 355. The lowest BCUT2D eigenvalue weighted by atomic mass is 10.2. The molecule has 14 heavy (non-hydrogen) atoms. The molecule has 0 fully saturated rings. The van der Waals surface area contributed by atoms with Crippen LogP contribution < -0.4 is 10.7 Å². The van der Waals surface area contributed by atoms with Gasteiger partial charge >= 0.3 is 0 Å². The molecule has 0 aliphatic rings. The van der Waals surface area contributed by atoms with Gasteiger partial charge < -0.3 is 10.2 Å². The maximum absolute atomic E-state index is 11.1. The van der Waals surface area contributed by atoms with Crippen LogP contribution in [0.25, 0.3) is 0 Å². The van der Waals surface area contributed by atoms with Crippen LogP contribution in [-0.4, -0.2) is 31.6 Å². The fourth-order valence-corrected chi connectivity index (χ4v) is 1.41. The number of rotatable bonds is 6. The van der Waals surface area contributed by atoms with Crippen molar-refractivity contribution in [1.29, 1.82) is 0 Å². The van der Waals surface area contributed by atoms with Crippen LogP contribution in [0.4, 0.5) is 5.69 Å². The molecule has 0 atom stereocenters. The summed E-state index contributed by atoms with van der Waals surface area (Å²) in [6.45, 7) is 5.08. The highest BCUT2D eigenvalue weighted by atomic mass is 32.1. The van der Waals surface area contributed by atoms with E-state index in [4.69, 9.17) is 12.2 Å². The van der Waals surface area contributed by atoms with E-state index in [-0.39, 0.29) is 5.43 Å². The Kier molecular flexibility index (Phi) is 4.22. The van der Waals surface area contributed by atoms with E-state index in [0.717, 1.165) is 26.1 Å². The molecule has 0 aliphatic heterocycles. The molecule has 0 unspecified atom stereocenters. The molecule has 0 radical (unpaired) electrons. The summed E-state index contributed by atoms with van der Waals surface area (Å²) in [4.78, 5) is 13.3. The minimum Gasteiger partial charge on any atom is -0.382 e. The Morgan fingerprint density at radius 3 is 2.79 bits per heavy atom. The molecule has 0 amide bonds. The quantitative estimate of drug-likeness (QED) is 0.571. The Morgan fingerprint density at radius 1 is 1.57 bits per heavy atom. The summed E-state index contributed by atoms with van der Waals surface area (Å²) in [5.41, 5.74) is 0.665. The van der Waals surface area contributed by atoms with E-state index in [1.54, 1.807) is 6.07 Å². The Morgan fingerprint density at radius 2 is 2.29 bits per heavy atom. The van der Waals surface area contributed by atoms with Gasteiger partial charge in [0.15, 0.2) is 0 Å². The number of anilines is 1. The van der Waals surface area contributed by atoms with Gasteiger partial charge in [-0.1, -0.05) is 19.1 Å². The van der Waals surface area contributed by atoms with Crippen molar-refractivity contribution in [3.8, 4) is 0 Å². The highest BCUT2D eigenvalue weighted by Crippen LogP contribution is 2.03. The van der Waals surface area contributed by atoms with Crippen LogP contribution in [0.3, 0.4) is 0 Å². The minimum atomic E-state index is -0.0103. The molecule has 0 bridgehead atoms. The number of hydrogen-bond donors (Lipinski definition) is 1. The molecule has 0 saturated carbocycles. The van der Waals surface area contributed by atoms with Gasteiger partial charge in [0, 0.05) is 6.54 Å². The van der Waals surface area contributed by atoms with Crippen molar-refractivity contribution in [2.75, 3.05) is 32.0 Å². The predicted octanol–water partition coefficient (Wildman–Crippen LogP) is 1.41. The summed E-state index contributed by atoms with van der Waals surface area (Å²) >= 11 is 4.75. The van der Waals surface area contributed by atoms with Gasteiger partial charge in [-0.2, -0.15) is 0 Å². The molecule has 4 heteroatoms. The molecular formula is C10H16N2OS. The van der Waals surface area contributed by atoms with Crippen molar-refractivity contribution in [2.24, 2.45) is 0 Å². The molecule has 3 nitrogen and oxygen atoms in total. The zero-order valence-electron chi connectivity index (χ0n) is 8.67.